The number of nitrogens with two attached hydrogens (primary N) is 2. The smallest absolute Gasteiger partial charge is 0.273 e. The quantitative estimate of drug-likeness (QED) is 0.355. The summed E-state index contributed by atoms with van der Waals surface area (Å²) in [6, 6.07) is 6.69. The second kappa shape index (κ2) is 11.3. The molecule has 1 fully saturated rings. The van der Waals surface area contributed by atoms with Crippen molar-refractivity contribution in [2.75, 3.05) is 38.0 Å². The Kier molecular flexibility index (Phi) is 7.94. The van der Waals surface area contributed by atoms with Crippen LogP contribution >= 0.6 is 11.5 Å². The lowest BCUT2D eigenvalue weighted by molar-refractivity contribution is -0.123. The number of carbonyl (C=O) groups is 3. The first-order valence-electron chi connectivity index (χ1n) is 11.4. The Morgan fingerprint density at radius 2 is 2.03 bits per heavy atom. The number of methoxy groups -OCH3 is 2. The van der Waals surface area contributed by atoms with Crippen LogP contribution in [0.2, 0.25) is 0 Å². The van der Waals surface area contributed by atoms with Gasteiger partial charge in [-0.2, -0.15) is 4.37 Å². The van der Waals surface area contributed by atoms with Gasteiger partial charge in [-0.15, -0.1) is 0 Å². The van der Waals surface area contributed by atoms with Crippen molar-refractivity contribution in [1.82, 2.24) is 9.69 Å². The van der Waals surface area contributed by atoms with Crippen LogP contribution in [-0.2, 0) is 9.53 Å². The molecule has 5 N–H and O–H groups in total. The first-order valence-corrected chi connectivity index (χ1v) is 12.2. The lowest BCUT2D eigenvalue weighted by Crippen LogP contribution is -2.45. The van der Waals surface area contributed by atoms with E-state index in [1.807, 2.05) is 0 Å². The van der Waals surface area contributed by atoms with Gasteiger partial charge in [0, 0.05) is 24.9 Å². The maximum Gasteiger partial charge on any atom is 0.273 e. The van der Waals surface area contributed by atoms with Crippen LogP contribution in [0.4, 0.5) is 11.4 Å². The summed E-state index contributed by atoms with van der Waals surface area (Å²) < 4.78 is 25.9. The zero-order valence-corrected chi connectivity index (χ0v) is 21.1. The van der Waals surface area contributed by atoms with Crippen molar-refractivity contribution in [3.05, 3.63) is 52.9 Å². The van der Waals surface area contributed by atoms with Gasteiger partial charge in [-0.25, -0.2) is 0 Å². The highest BCUT2D eigenvalue weighted by Crippen LogP contribution is 2.38. The van der Waals surface area contributed by atoms with Crippen molar-refractivity contribution in [2.24, 2.45) is 5.73 Å². The Balaban J connectivity index is 1.81. The zero-order chi connectivity index (χ0) is 26.5. The van der Waals surface area contributed by atoms with E-state index in [4.69, 9.17) is 30.1 Å². The summed E-state index contributed by atoms with van der Waals surface area (Å²) in [5, 5.41) is 2.87. The highest BCUT2D eigenvalue weighted by Gasteiger charge is 2.38. The molecule has 1 aliphatic rings. The highest BCUT2D eigenvalue weighted by atomic mass is 32.1. The number of aromatic nitrogens is 1. The molecule has 37 heavy (non-hydrogen) atoms. The van der Waals surface area contributed by atoms with Crippen LogP contribution in [0.1, 0.15) is 44.8 Å². The van der Waals surface area contributed by atoms with E-state index in [0.717, 1.165) is 12.8 Å². The number of benzene rings is 1. The molecule has 0 unspecified atom stereocenters. The number of primary amides is 1. The molecule has 196 valence electrons. The third kappa shape index (κ3) is 5.37. The van der Waals surface area contributed by atoms with Crippen molar-refractivity contribution < 1.29 is 33.0 Å². The Hall–Kier alpha value is -4.10. The van der Waals surface area contributed by atoms with Crippen molar-refractivity contribution in [3.63, 3.8) is 0 Å². The largest absolute Gasteiger partial charge is 0.493 e. The normalized spacial score (nSPS) is 15.7. The van der Waals surface area contributed by atoms with E-state index in [0.29, 0.717) is 29.6 Å². The van der Waals surface area contributed by atoms with Gasteiger partial charge in [0.2, 0.25) is 0 Å². The first kappa shape index (κ1) is 26.0. The summed E-state index contributed by atoms with van der Waals surface area (Å²) in [6.07, 6.45) is 3.00. The molecule has 12 nitrogen and oxygen atoms in total. The van der Waals surface area contributed by atoms with Crippen LogP contribution in [0.15, 0.2) is 41.0 Å². The van der Waals surface area contributed by atoms with Gasteiger partial charge in [0.1, 0.15) is 10.6 Å². The lowest BCUT2D eigenvalue weighted by atomic mass is 10.1. The van der Waals surface area contributed by atoms with Crippen molar-refractivity contribution in [2.45, 2.75) is 25.0 Å². The molecule has 13 heteroatoms. The molecular formula is C24H27N5O7S. The van der Waals surface area contributed by atoms with Crippen LogP contribution in [0.25, 0.3) is 0 Å². The molecule has 1 aliphatic heterocycles. The summed E-state index contributed by atoms with van der Waals surface area (Å²) in [7, 11) is 2.93. The Labute approximate surface area is 216 Å². The number of hydrogen-bond donors (Lipinski definition) is 3. The zero-order valence-electron chi connectivity index (χ0n) is 20.3. The maximum atomic E-state index is 14.0. The topological polar surface area (TPSA) is 172 Å². The van der Waals surface area contributed by atoms with E-state index >= 15 is 0 Å². The number of amides is 3. The molecule has 3 heterocycles. The maximum absolute atomic E-state index is 14.0. The average molecular weight is 530 g/mol. The molecule has 0 saturated carbocycles. The van der Waals surface area contributed by atoms with Gasteiger partial charge in [-0.05, 0) is 48.6 Å². The van der Waals surface area contributed by atoms with Crippen LogP contribution in [0.3, 0.4) is 0 Å². The molecule has 0 spiro atoms. The Morgan fingerprint density at radius 3 is 2.62 bits per heavy atom. The minimum Gasteiger partial charge on any atom is -0.493 e. The van der Waals surface area contributed by atoms with Gasteiger partial charge in [0.25, 0.3) is 17.7 Å². The summed E-state index contributed by atoms with van der Waals surface area (Å²) >= 11 is 0.708. The van der Waals surface area contributed by atoms with Crippen LogP contribution < -0.4 is 31.2 Å². The summed E-state index contributed by atoms with van der Waals surface area (Å²) in [5.74, 6) is -1.13. The molecule has 1 aromatic carbocycles. The molecule has 2 atom stereocenters. The van der Waals surface area contributed by atoms with Gasteiger partial charge in [-0.3, -0.25) is 19.3 Å². The molecule has 3 aromatic rings. The Morgan fingerprint density at radius 1 is 1.24 bits per heavy atom. The third-order valence-corrected chi connectivity index (χ3v) is 6.72. The minimum absolute atomic E-state index is 0.0629. The molecular weight excluding hydrogens is 502 g/mol. The molecule has 3 amide bonds. The molecule has 1 saturated heterocycles. The van der Waals surface area contributed by atoms with Crippen molar-refractivity contribution in [1.29, 1.82) is 0 Å². The number of furan rings is 1. The number of carbonyl (C=O) groups excluding carboxylic acids is 3. The molecule has 0 aliphatic carbocycles. The lowest BCUT2D eigenvalue weighted by Gasteiger charge is -2.30. The standard InChI is InChI=1S/C24H27N5O7S/c1-33-15-8-7-13(11-17(15)34-2)29(24(32)21-18(25)19(22(26)30)28-37-21)20(16-6-4-10-36-16)23(31)27-12-14-5-3-9-35-14/h4,6-8,10-11,14,20H,3,5,9,12,25H2,1-2H3,(H2,26,30)(H,27,31)/t14-,20+/m0/s1. The van der Waals surface area contributed by atoms with E-state index in [2.05, 4.69) is 9.69 Å². The fraction of sp³-hybridized carbons (Fsp3) is 0.333. The fourth-order valence-corrected chi connectivity index (χ4v) is 4.78. The summed E-state index contributed by atoms with van der Waals surface area (Å²) in [5.41, 5.74) is 11.3. The predicted octanol–water partition coefficient (Wildman–Crippen LogP) is 2.12. The molecule has 0 radical (unpaired) electrons. The fourth-order valence-electron chi connectivity index (χ4n) is 4.03. The van der Waals surface area contributed by atoms with E-state index in [1.54, 1.807) is 30.3 Å². The van der Waals surface area contributed by atoms with E-state index < -0.39 is 23.8 Å². The Bertz CT molecular complexity index is 1270. The number of anilines is 2. The number of nitrogens with one attached hydrogen (secondary N) is 1. The van der Waals surface area contributed by atoms with E-state index in [1.165, 1.54) is 25.4 Å². The predicted molar refractivity (Wildman–Crippen MR) is 135 cm³/mol. The van der Waals surface area contributed by atoms with E-state index in [-0.39, 0.29) is 40.4 Å². The summed E-state index contributed by atoms with van der Waals surface area (Å²) in [6.45, 7) is 0.893. The van der Waals surface area contributed by atoms with Gasteiger partial charge >= 0.3 is 0 Å². The number of rotatable bonds is 10. The van der Waals surface area contributed by atoms with Crippen LogP contribution in [-0.4, -0.2) is 55.6 Å². The molecule has 2 aromatic heterocycles. The van der Waals surface area contributed by atoms with Crippen molar-refractivity contribution >= 4 is 40.6 Å². The van der Waals surface area contributed by atoms with E-state index in [9.17, 15) is 14.4 Å². The SMILES string of the molecule is COc1ccc(N(C(=O)c2snc(C(N)=O)c2N)[C@@H](C(=O)NC[C@@H]2CCCO2)c2ccco2)cc1OC. The van der Waals surface area contributed by atoms with Gasteiger partial charge in [-0.1, -0.05) is 0 Å². The number of nitrogen functional groups attached to an aromatic ring is 1. The van der Waals surface area contributed by atoms with Gasteiger partial charge in [0.05, 0.1) is 32.3 Å². The molecule has 0 bridgehead atoms. The monoisotopic (exact) mass is 529 g/mol. The second-order valence-electron chi connectivity index (χ2n) is 8.15. The number of hydrogen-bond acceptors (Lipinski definition) is 10. The first-order chi connectivity index (χ1) is 17.8. The van der Waals surface area contributed by atoms with Crippen molar-refractivity contribution in [3.8, 4) is 11.5 Å². The highest BCUT2D eigenvalue weighted by molar-refractivity contribution is 7.09. The summed E-state index contributed by atoms with van der Waals surface area (Å²) in [4.78, 5) is 40.5. The average Bonchev–Trinajstić information content (AvgIpc) is 3.67. The van der Waals surface area contributed by atoms with Gasteiger partial charge < -0.3 is 35.4 Å². The minimum atomic E-state index is -1.25. The molecule has 4 rings (SSSR count). The van der Waals surface area contributed by atoms with Gasteiger partial charge in [0.15, 0.2) is 23.2 Å². The van der Waals surface area contributed by atoms with Crippen LogP contribution in [0, 0.1) is 0 Å². The second-order valence-corrected chi connectivity index (χ2v) is 8.92. The number of nitrogens with zero attached hydrogens (tertiary/aromatic N) is 2. The number of ether oxygens (including phenoxy) is 3. The third-order valence-electron chi connectivity index (χ3n) is 5.87. The van der Waals surface area contributed by atoms with Crippen LogP contribution in [0.5, 0.6) is 11.5 Å².